The lowest BCUT2D eigenvalue weighted by molar-refractivity contribution is -0.138. The van der Waals surface area contributed by atoms with Crippen molar-refractivity contribution in [1.29, 1.82) is 0 Å². The second-order valence-electron chi connectivity index (χ2n) is 10.2. The van der Waals surface area contributed by atoms with Crippen molar-refractivity contribution in [2.24, 2.45) is 11.5 Å². The predicted molar refractivity (Wildman–Crippen MR) is 163 cm³/mol. The molecular formula is C32H32B2F6N2O3. The first-order valence-corrected chi connectivity index (χ1v) is 14.3. The lowest BCUT2D eigenvalue weighted by atomic mass is 9.51. The minimum absolute atomic E-state index is 0.0698. The molecule has 13 heteroatoms. The fraction of sp³-hybridized carbons (Fsp3) is 0.250. The fourth-order valence-corrected chi connectivity index (χ4v) is 4.92. The maximum atomic E-state index is 13.4. The van der Waals surface area contributed by atoms with E-state index in [1.807, 2.05) is 0 Å². The van der Waals surface area contributed by atoms with E-state index in [1.54, 1.807) is 60.7 Å². The Bertz CT molecular complexity index is 1330. The van der Waals surface area contributed by atoms with E-state index in [-0.39, 0.29) is 26.3 Å². The number of alkyl halides is 6. The molecule has 4 aromatic rings. The van der Waals surface area contributed by atoms with Crippen LogP contribution in [0.15, 0.2) is 109 Å². The molecule has 0 radical (unpaired) electrons. The summed E-state index contributed by atoms with van der Waals surface area (Å²) in [5.74, 6) is 0. The second-order valence-corrected chi connectivity index (χ2v) is 10.2. The number of rotatable bonds is 14. The molecule has 45 heavy (non-hydrogen) atoms. The molecule has 0 heterocycles. The van der Waals surface area contributed by atoms with Crippen LogP contribution in [0.2, 0.25) is 0 Å². The molecule has 0 fully saturated rings. The zero-order valence-electron chi connectivity index (χ0n) is 24.2. The maximum absolute atomic E-state index is 13.4. The van der Waals surface area contributed by atoms with Gasteiger partial charge in [-0.05, 0) is 22.1 Å². The van der Waals surface area contributed by atoms with Gasteiger partial charge in [0.05, 0.1) is 23.1 Å². The summed E-state index contributed by atoms with van der Waals surface area (Å²) in [6.07, 6.45) is -9.07. The summed E-state index contributed by atoms with van der Waals surface area (Å²) >= 11 is 0. The predicted octanol–water partition coefficient (Wildman–Crippen LogP) is 5.35. The summed E-state index contributed by atoms with van der Waals surface area (Å²) in [6.45, 7) is -1.44. The highest BCUT2D eigenvalue weighted by Crippen LogP contribution is 2.34. The highest BCUT2D eigenvalue weighted by Gasteiger charge is 2.41. The molecule has 4 aromatic carbocycles. The van der Waals surface area contributed by atoms with Crippen molar-refractivity contribution in [3.8, 4) is 0 Å². The van der Waals surface area contributed by atoms with Crippen LogP contribution in [0.5, 0.6) is 0 Å². The van der Waals surface area contributed by atoms with Gasteiger partial charge in [0, 0.05) is 26.3 Å². The summed E-state index contributed by atoms with van der Waals surface area (Å²) in [4.78, 5) is 0. The van der Waals surface area contributed by atoms with Crippen LogP contribution < -0.4 is 22.4 Å². The Balaban J connectivity index is 1.84. The number of hydrogen-bond donors (Lipinski definition) is 2. The first kappa shape index (κ1) is 34.3. The van der Waals surface area contributed by atoms with Gasteiger partial charge < -0.3 is 25.5 Å². The normalized spacial score (nSPS) is 13.3. The van der Waals surface area contributed by atoms with Crippen LogP contribution in [0.3, 0.4) is 0 Å². The molecule has 5 nitrogen and oxygen atoms in total. The summed E-state index contributed by atoms with van der Waals surface area (Å²) in [5.41, 5.74) is 12.0. The summed E-state index contributed by atoms with van der Waals surface area (Å²) in [7, 11) is 0. The molecule has 0 amide bonds. The molecule has 0 saturated heterocycles. The van der Waals surface area contributed by atoms with Gasteiger partial charge in [-0.1, -0.05) is 109 Å². The number of halogens is 6. The molecule has 4 rings (SSSR count). The van der Waals surface area contributed by atoms with Crippen molar-refractivity contribution < 1.29 is 40.4 Å². The Kier molecular flexibility index (Phi) is 11.9. The topological polar surface area (TPSA) is 79.7 Å². The van der Waals surface area contributed by atoms with Crippen molar-refractivity contribution in [2.75, 3.05) is 26.3 Å². The number of nitrogens with two attached hydrogens (primary N) is 2. The summed E-state index contributed by atoms with van der Waals surface area (Å²) in [5, 5.41) is 0. The molecule has 0 aromatic heterocycles. The number of benzene rings is 4. The largest absolute Gasteiger partial charge is 0.427 e. The van der Waals surface area contributed by atoms with E-state index in [4.69, 9.17) is 25.5 Å². The third-order valence-corrected chi connectivity index (χ3v) is 7.06. The first-order chi connectivity index (χ1) is 21.5. The van der Waals surface area contributed by atoms with E-state index < -0.39 is 49.3 Å². The number of hydrogen-bond acceptors (Lipinski definition) is 5. The Hall–Kier alpha value is -3.61. The van der Waals surface area contributed by atoms with Gasteiger partial charge in [0.15, 0.2) is 0 Å². The van der Waals surface area contributed by atoms with Crippen LogP contribution in [-0.2, 0) is 26.4 Å². The van der Waals surface area contributed by atoms with Crippen LogP contribution in [-0.4, -0.2) is 40.1 Å². The van der Waals surface area contributed by atoms with Crippen LogP contribution in [0, 0.1) is 0 Å². The van der Waals surface area contributed by atoms with Gasteiger partial charge in [0.1, 0.15) is 0 Å². The highest BCUT2D eigenvalue weighted by molar-refractivity contribution is 6.70. The lowest BCUT2D eigenvalue weighted by Gasteiger charge is -2.33. The maximum Gasteiger partial charge on any atom is 0.416 e. The van der Waals surface area contributed by atoms with Crippen LogP contribution in [0.1, 0.15) is 34.3 Å². The minimum atomic E-state index is -4.53. The second kappa shape index (κ2) is 15.6. The minimum Gasteiger partial charge on any atom is -0.427 e. The van der Waals surface area contributed by atoms with Crippen molar-refractivity contribution in [3.05, 3.63) is 131 Å². The van der Waals surface area contributed by atoms with E-state index in [0.29, 0.717) is 22.1 Å². The quantitative estimate of drug-likeness (QED) is 0.146. The van der Waals surface area contributed by atoms with Gasteiger partial charge in [-0.2, -0.15) is 26.3 Å². The molecule has 0 spiro atoms. The summed E-state index contributed by atoms with van der Waals surface area (Å²) < 4.78 is 99.5. The van der Waals surface area contributed by atoms with Crippen molar-refractivity contribution in [2.45, 2.75) is 24.4 Å². The zero-order valence-corrected chi connectivity index (χ0v) is 24.2. The molecular weight excluding hydrogens is 596 g/mol. The molecule has 236 valence electrons. The molecule has 0 aliphatic carbocycles. The average molecular weight is 628 g/mol. The molecule has 0 saturated carbocycles. The van der Waals surface area contributed by atoms with Gasteiger partial charge in [-0.25, -0.2) is 0 Å². The number of ether oxygens (including phenoxy) is 1. The monoisotopic (exact) mass is 628 g/mol. The Labute approximate surface area is 258 Å². The SMILES string of the molecule is NCCOB(c1ccc(C(F)(F)F)cc1)C(OC(B(OCCN)c1ccc(C(F)(F)F)cc1)c1ccccc1)c1ccccc1. The molecule has 0 aliphatic rings. The van der Waals surface area contributed by atoms with E-state index in [2.05, 4.69) is 0 Å². The van der Waals surface area contributed by atoms with Crippen LogP contribution >= 0.6 is 0 Å². The van der Waals surface area contributed by atoms with Crippen molar-refractivity contribution in [1.82, 2.24) is 0 Å². The van der Waals surface area contributed by atoms with Crippen LogP contribution in [0.25, 0.3) is 0 Å². The van der Waals surface area contributed by atoms with Crippen LogP contribution in [0.4, 0.5) is 26.3 Å². The summed E-state index contributed by atoms with van der Waals surface area (Å²) in [6, 6.07) is 25.3. The van der Waals surface area contributed by atoms with E-state index >= 15 is 0 Å². The zero-order chi connectivity index (χ0) is 32.5. The Morgan fingerprint density at radius 1 is 0.511 bits per heavy atom. The van der Waals surface area contributed by atoms with Gasteiger partial charge in [-0.15, -0.1) is 0 Å². The van der Waals surface area contributed by atoms with E-state index in [9.17, 15) is 26.3 Å². The van der Waals surface area contributed by atoms with Gasteiger partial charge >= 0.3 is 26.2 Å². The van der Waals surface area contributed by atoms with Gasteiger partial charge in [-0.3, -0.25) is 0 Å². The standard InChI is InChI=1S/C32H32B2F6N2O3/c35-31(36,37)25-11-15-27(16-12-25)33(43-21-19-41)29(23-7-3-1-4-8-23)45-30(24-9-5-2-6-10-24)34(44-22-20-42)28-17-13-26(14-18-28)32(38,39)40/h1-18,29-30H,19-22,41-42H2. The third-order valence-electron chi connectivity index (χ3n) is 7.06. The Morgan fingerprint density at radius 3 is 1.13 bits per heavy atom. The first-order valence-electron chi connectivity index (χ1n) is 14.3. The van der Waals surface area contributed by atoms with E-state index in [1.165, 1.54) is 24.3 Å². The molecule has 0 bridgehead atoms. The van der Waals surface area contributed by atoms with Gasteiger partial charge in [0.2, 0.25) is 0 Å². The third kappa shape index (κ3) is 9.21. The fourth-order valence-electron chi connectivity index (χ4n) is 4.92. The molecule has 0 aliphatic heterocycles. The lowest BCUT2D eigenvalue weighted by Crippen LogP contribution is -2.47. The van der Waals surface area contributed by atoms with E-state index in [0.717, 1.165) is 24.3 Å². The van der Waals surface area contributed by atoms with Crippen molar-refractivity contribution in [3.63, 3.8) is 0 Å². The van der Waals surface area contributed by atoms with Gasteiger partial charge in [0.25, 0.3) is 0 Å². The molecule has 2 unspecified atom stereocenters. The smallest absolute Gasteiger partial charge is 0.416 e. The molecule has 4 N–H and O–H groups in total. The average Bonchev–Trinajstić information content (AvgIpc) is 3.04. The molecule has 2 atom stereocenters. The van der Waals surface area contributed by atoms with Crippen molar-refractivity contribution >= 4 is 24.8 Å². The Morgan fingerprint density at radius 2 is 0.844 bits per heavy atom. The highest BCUT2D eigenvalue weighted by atomic mass is 19.4.